The van der Waals surface area contributed by atoms with Crippen LogP contribution >= 0.6 is 11.3 Å². The van der Waals surface area contributed by atoms with Gasteiger partial charge in [-0.15, -0.1) is 11.3 Å². The van der Waals surface area contributed by atoms with Crippen LogP contribution in [0.2, 0.25) is 0 Å². The number of hydrogen-bond acceptors (Lipinski definition) is 5. The minimum Gasteiger partial charge on any atom is -0.301 e. The van der Waals surface area contributed by atoms with Gasteiger partial charge in [-0.2, -0.15) is 9.78 Å². The van der Waals surface area contributed by atoms with Crippen LogP contribution in [0.1, 0.15) is 37.6 Å². The fourth-order valence-electron chi connectivity index (χ4n) is 3.33. The fraction of sp³-hybridized carbons (Fsp3) is 0.421. The van der Waals surface area contributed by atoms with Crippen LogP contribution in [-0.2, 0) is 0 Å². The van der Waals surface area contributed by atoms with E-state index in [1.165, 1.54) is 28.6 Å². The van der Waals surface area contributed by atoms with Crippen molar-refractivity contribution in [2.24, 2.45) is 0 Å². The SMILES string of the molecule is CC(C)N(C)[C@H]1C[C@H](c2nc3ccc(-n4ncccc4=O)cc3s2)C1. The van der Waals surface area contributed by atoms with Crippen LogP contribution in [0.3, 0.4) is 0 Å². The first kappa shape index (κ1) is 16.4. The summed E-state index contributed by atoms with van der Waals surface area (Å²) in [5, 5.41) is 5.37. The van der Waals surface area contributed by atoms with E-state index >= 15 is 0 Å². The first-order valence-electron chi connectivity index (χ1n) is 8.70. The average Bonchev–Trinajstić information content (AvgIpc) is 2.96. The highest BCUT2D eigenvalue weighted by Gasteiger charge is 2.35. The number of aromatic nitrogens is 3. The Bertz CT molecular complexity index is 955. The topological polar surface area (TPSA) is 51.0 Å². The summed E-state index contributed by atoms with van der Waals surface area (Å²) in [6.07, 6.45) is 3.99. The van der Waals surface area contributed by atoms with Gasteiger partial charge in [0.05, 0.1) is 20.9 Å². The molecule has 1 saturated carbocycles. The van der Waals surface area contributed by atoms with Crippen molar-refractivity contribution >= 4 is 21.6 Å². The number of benzene rings is 1. The molecule has 3 aromatic rings. The predicted molar refractivity (Wildman–Crippen MR) is 102 cm³/mol. The molecular weight excluding hydrogens is 332 g/mol. The number of nitrogens with zero attached hydrogens (tertiary/aromatic N) is 4. The summed E-state index contributed by atoms with van der Waals surface area (Å²) in [6.45, 7) is 4.48. The van der Waals surface area contributed by atoms with Gasteiger partial charge in [0.1, 0.15) is 0 Å². The largest absolute Gasteiger partial charge is 0.301 e. The second-order valence-electron chi connectivity index (χ2n) is 7.06. The summed E-state index contributed by atoms with van der Waals surface area (Å²) in [7, 11) is 2.21. The Morgan fingerprint density at radius 2 is 2.08 bits per heavy atom. The quantitative estimate of drug-likeness (QED) is 0.720. The minimum absolute atomic E-state index is 0.120. The lowest BCUT2D eigenvalue weighted by atomic mass is 9.79. The highest BCUT2D eigenvalue weighted by atomic mass is 32.1. The maximum Gasteiger partial charge on any atom is 0.271 e. The van der Waals surface area contributed by atoms with E-state index < -0.39 is 0 Å². The van der Waals surface area contributed by atoms with E-state index in [1.54, 1.807) is 23.6 Å². The van der Waals surface area contributed by atoms with Crippen molar-refractivity contribution in [3.8, 4) is 5.69 Å². The average molecular weight is 354 g/mol. The second-order valence-corrected chi connectivity index (χ2v) is 8.12. The molecule has 0 N–H and O–H groups in total. The molecule has 1 aliphatic carbocycles. The molecule has 2 aromatic heterocycles. The Kier molecular flexibility index (Phi) is 4.17. The first-order valence-corrected chi connectivity index (χ1v) is 9.51. The zero-order valence-electron chi connectivity index (χ0n) is 14.7. The Hall–Kier alpha value is -2.05. The molecule has 0 radical (unpaired) electrons. The van der Waals surface area contributed by atoms with Gasteiger partial charge in [0.15, 0.2) is 0 Å². The summed E-state index contributed by atoms with van der Waals surface area (Å²) in [4.78, 5) is 19.2. The number of rotatable bonds is 4. The highest BCUT2D eigenvalue weighted by molar-refractivity contribution is 7.18. The van der Waals surface area contributed by atoms with Gasteiger partial charge >= 0.3 is 0 Å². The molecule has 0 amide bonds. The van der Waals surface area contributed by atoms with Crippen LogP contribution in [0.4, 0.5) is 0 Å². The lowest BCUT2D eigenvalue weighted by Gasteiger charge is -2.42. The van der Waals surface area contributed by atoms with Gasteiger partial charge in [0, 0.05) is 30.3 Å². The molecule has 6 heteroatoms. The first-order chi connectivity index (χ1) is 12.0. The Morgan fingerprint density at radius 3 is 2.80 bits per heavy atom. The zero-order valence-corrected chi connectivity index (χ0v) is 15.5. The monoisotopic (exact) mass is 354 g/mol. The third-order valence-corrected chi connectivity index (χ3v) is 6.38. The number of fused-ring (bicyclic) bond motifs is 1. The molecule has 130 valence electrons. The van der Waals surface area contributed by atoms with Crippen LogP contribution in [0.25, 0.3) is 15.9 Å². The molecule has 0 saturated heterocycles. The molecule has 4 rings (SSSR count). The normalized spacial score (nSPS) is 20.4. The molecule has 0 aliphatic heterocycles. The van der Waals surface area contributed by atoms with E-state index in [0.717, 1.165) is 15.9 Å². The van der Waals surface area contributed by atoms with Gasteiger partial charge in [-0.3, -0.25) is 4.79 Å². The summed E-state index contributed by atoms with van der Waals surface area (Å²) in [5.41, 5.74) is 1.68. The lowest BCUT2D eigenvalue weighted by Crippen LogP contribution is -2.44. The highest BCUT2D eigenvalue weighted by Crippen LogP contribution is 2.42. The van der Waals surface area contributed by atoms with Gasteiger partial charge in [0.25, 0.3) is 5.56 Å². The van der Waals surface area contributed by atoms with Gasteiger partial charge in [-0.1, -0.05) is 0 Å². The molecule has 0 spiro atoms. The number of hydrogen-bond donors (Lipinski definition) is 0. The molecule has 0 atom stereocenters. The van der Waals surface area contributed by atoms with Crippen LogP contribution in [-0.4, -0.2) is 38.8 Å². The summed E-state index contributed by atoms with van der Waals surface area (Å²) in [6, 6.07) is 10.3. The van der Waals surface area contributed by atoms with E-state index in [1.807, 2.05) is 18.2 Å². The van der Waals surface area contributed by atoms with Crippen molar-refractivity contribution < 1.29 is 0 Å². The molecule has 0 bridgehead atoms. The van der Waals surface area contributed by atoms with E-state index in [-0.39, 0.29) is 5.56 Å². The Balaban J connectivity index is 1.58. The fourth-order valence-corrected chi connectivity index (χ4v) is 4.46. The van der Waals surface area contributed by atoms with Crippen LogP contribution in [0.15, 0.2) is 41.3 Å². The van der Waals surface area contributed by atoms with Crippen molar-refractivity contribution in [3.05, 3.63) is 51.9 Å². The van der Waals surface area contributed by atoms with E-state index in [2.05, 4.69) is 30.9 Å². The molecule has 0 unspecified atom stereocenters. The number of thiazole rings is 1. The van der Waals surface area contributed by atoms with E-state index in [4.69, 9.17) is 4.98 Å². The zero-order chi connectivity index (χ0) is 17.6. The minimum atomic E-state index is -0.120. The Morgan fingerprint density at radius 1 is 1.28 bits per heavy atom. The van der Waals surface area contributed by atoms with Crippen molar-refractivity contribution in [2.75, 3.05) is 7.05 Å². The van der Waals surface area contributed by atoms with Crippen LogP contribution < -0.4 is 5.56 Å². The van der Waals surface area contributed by atoms with Gasteiger partial charge < -0.3 is 4.90 Å². The molecule has 25 heavy (non-hydrogen) atoms. The van der Waals surface area contributed by atoms with Gasteiger partial charge in [-0.25, -0.2) is 4.98 Å². The molecule has 5 nitrogen and oxygen atoms in total. The van der Waals surface area contributed by atoms with Gasteiger partial charge in [0.2, 0.25) is 0 Å². The third-order valence-electron chi connectivity index (χ3n) is 5.20. The molecule has 1 aromatic carbocycles. The van der Waals surface area contributed by atoms with E-state index in [0.29, 0.717) is 18.0 Å². The maximum atomic E-state index is 12.0. The molecule has 1 fully saturated rings. The van der Waals surface area contributed by atoms with Gasteiger partial charge in [-0.05, 0) is 58.0 Å². The van der Waals surface area contributed by atoms with Crippen LogP contribution in [0, 0.1) is 0 Å². The standard InChI is InChI=1S/C19H22N4OS/c1-12(2)22(3)15-9-13(10-15)19-21-16-7-6-14(11-17(16)25-19)23-18(24)5-4-8-20-23/h4-8,11-13,15H,9-10H2,1-3H3/t13-,15-. The Labute approximate surface area is 150 Å². The second kappa shape index (κ2) is 6.35. The van der Waals surface area contributed by atoms with Crippen molar-refractivity contribution in [1.82, 2.24) is 19.7 Å². The van der Waals surface area contributed by atoms with Crippen molar-refractivity contribution in [3.63, 3.8) is 0 Å². The van der Waals surface area contributed by atoms with Crippen LogP contribution in [0.5, 0.6) is 0 Å². The molecule has 1 aliphatic rings. The van der Waals surface area contributed by atoms with Crippen molar-refractivity contribution in [1.29, 1.82) is 0 Å². The molecular formula is C19H22N4OS. The maximum absolute atomic E-state index is 12.0. The summed E-state index contributed by atoms with van der Waals surface area (Å²) < 4.78 is 2.54. The van der Waals surface area contributed by atoms with E-state index in [9.17, 15) is 4.79 Å². The molecule has 2 heterocycles. The van der Waals surface area contributed by atoms with Crippen molar-refractivity contribution in [2.45, 2.75) is 44.7 Å². The summed E-state index contributed by atoms with van der Waals surface area (Å²) >= 11 is 1.75. The summed E-state index contributed by atoms with van der Waals surface area (Å²) in [5.74, 6) is 0.560. The lowest BCUT2D eigenvalue weighted by molar-refractivity contribution is 0.108. The smallest absolute Gasteiger partial charge is 0.271 e. The predicted octanol–water partition coefficient (Wildman–Crippen LogP) is 3.43. The third kappa shape index (κ3) is 3.00.